The molecule has 0 radical (unpaired) electrons. The summed E-state index contributed by atoms with van der Waals surface area (Å²) in [5.41, 5.74) is 3.62. The van der Waals surface area contributed by atoms with Crippen LogP contribution >= 0.6 is 0 Å². The molecule has 0 aliphatic rings. The van der Waals surface area contributed by atoms with Crippen molar-refractivity contribution in [2.24, 2.45) is 0 Å². The highest BCUT2D eigenvalue weighted by Gasteiger charge is 2.05. The van der Waals surface area contributed by atoms with Crippen molar-refractivity contribution in [3.63, 3.8) is 0 Å². The summed E-state index contributed by atoms with van der Waals surface area (Å²) in [7, 11) is 1.64. The number of ether oxygens (including phenoxy) is 1. The number of carbonyl (C=O) groups excluding carboxylic acids is 1. The average molecular weight is 310 g/mol. The number of nitrogens with one attached hydrogen (secondary N) is 1. The SMILES string of the molecule is COc1cccc(CCC(=O)NCc2ccc3ncoc3c2)c1. The maximum absolute atomic E-state index is 12.0. The molecule has 118 valence electrons. The van der Waals surface area contributed by atoms with Crippen LogP contribution in [0.15, 0.2) is 53.3 Å². The third kappa shape index (κ3) is 3.88. The van der Waals surface area contributed by atoms with Gasteiger partial charge in [0, 0.05) is 13.0 Å². The molecule has 0 saturated heterocycles. The molecule has 23 heavy (non-hydrogen) atoms. The second-order valence-electron chi connectivity index (χ2n) is 5.28. The van der Waals surface area contributed by atoms with Gasteiger partial charge in [0.1, 0.15) is 11.3 Å². The molecule has 0 bridgehead atoms. The van der Waals surface area contributed by atoms with Crippen molar-refractivity contribution < 1.29 is 13.9 Å². The maximum atomic E-state index is 12.0. The van der Waals surface area contributed by atoms with E-state index in [0.29, 0.717) is 19.4 Å². The van der Waals surface area contributed by atoms with Crippen LogP contribution in [0.1, 0.15) is 17.5 Å². The molecule has 5 heteroatoms. The number of aromatic nitrogens is 1. The van der Waals surface area contributed by atoms with E-state index in [1.54, 1.807) is 7.11 Å². The molecular weight excluding hydrogens is 292 g/mol. The first-order valence-electron chi connectivity index (χ1n) is 7.46. The van der Waals surface area contributed by atoms with Gasteiger partial charge in [0.2, 0.25) is 5.91 Å². The molecule has 0 atom stereocenters. The first kappa shape index (κ1) is 15.1. The summed E-state index contributed by atoms with van der Waals surface area (Å²) < 4.78 is 10.4. The van der Waals surface area contributed by atoms with Crippen LogP contribution in [-0.4, -0.2) is 18.0 Å². The van der Waals surface area contributed by atoms with Gasteiger partial charge in [-0.3, -0.25) is 4.79 Å². The summed E-state index contributed by atoms with van der Waals surface area (Å²) in [4.78, 5) is 16.0. The third-order valence-corrected chi connectivity index (χ3v) is 3.66. The van der Waals surface area contributed by atoms with Crippen LogP contribution in [0.2, 0.25) is 0 Å². The number of rotatable bonds is 6. The second kappa shape index (κ2) is 6.96. The van der Waals surface area contributed by atoms with Crippen LogP contribution in [0.5, 0.6) is 5.75 Å². The summed E-state index contributed by atoms with van der Waals surface area (Å²) in [5.74, 6) is 0.828. The number of oxazole rings is 1. The average Bonchev–Trinajstić information content (AvgIpc) is 3.06. The monoisotopic (exact) mass is 310 g/mol. The van der Waals surface area contributed by atoms with Crippen molar-refractivity contribution in [1.82, 2.24) is 10.3 Å². The van der Waals surface area contributed by atoms with E-state index in [1.165, 1.54) is 6.39 Å². The molecule has 1 amide bonds. The minimum Gasteiger partial charge on any atom is -0.497 e. The molecule has 1 aromatic heterocycles. The van der Waals surface area contributed by atoms with Gasteiger partial charge in [-0.25, -0.2) is 4.98 Å². The van der Waals surface area contributed by atoms with E-state index in [0.717, 1.165) is 28.0 Å². The predicted molar refractivity (Wildman–Crippen MR) is 87.2 cm³/mol. The van der Waals surface area contributed by atoms with Gasteiger partial charge >= 0.3 is 0 Å². The Balaban J connectivity index is 1.50. The number of aryl methyl sites for hydroxylation is 1. The van der Waals surface area contributed by atoms with Crippen LogP contribution < -0.4 is 10.1 Å². The Bertz CT molecular complexity index is 811. The van der Waals surface area contributed by atoms with Crippen molar-refractivity contribution in [2.75, 3.05) is 7.11 Å². The van der Waals surface area contributed by atoms with E-state index < -0.39 is 0 Å². The van der Waals surface area contributed by atoms with Crippen LogP contribution in [0.25, 0.3) is 11.1 Å². The molecule has 1 N–H and O–H groups in total. The summed E-state index contributed by atoms with van der Waals surface area (Å²) in [6, 6.07) is 13.5. The maximum Gasteiger partial charge on any atom is 0.220 e. The van der Waals surface area contributed by atoms with Gasteiger partial charge in [0.25, 0.3) is 0 Å². The molecular formula is C18H18N2O3. The topological polar surface area (TPSA) is 64.4 Å². The van der Waals surface area contributed by atoms with E-state index in [4.69, 9.17) is 9.15 Å². The minimum atomic E-state index is 0.0190. The summed E-state index contributed by atoms with van der Waals surface area (Å²) in [6.07, 6.45) is 2.54. The van der Waals surface area contributed by atoms with E-state index in [9.17, 15) is 4.79 Å². The Morgan fingerprint density at radius 2 is 2.13 bits per heavy atom. The Labute approximate surface area is 134 Å². The molecule has 3 aromatic rings. The predicted octanol–water partition coefficient (Wildman–Crippen LogP) is 3.09. The Kier molecular flexibility index (Phi) is 4.57. The largest absolute Gasteiger partial charge is 0.497 e. The second-order valence-corrected chi connectivity index (χ2v) is 5.28. The zero-order valence-corrected chi connectivity index (χ0v) is 12.9. The van der Waals surface area contributed by atoms with Crippen molar-refractivity contribution in [3.8, 4) is 5.75 Å². The van der Waals surface area contributed by atoms with E-state index in [1.807, 2.05) is 42.5 Å². The number of nitrogens with zero attached hydrogens (tertiary/aromatic N) is 1. The standard InChI is InChI=1S/C18H18N2O3/c1-22-15-4-2-3-13(9-15)6-8-18(21)19-11-14-5-7-16-17(10-14)23-12-20-16/h2-5,7,9-10,12H,6,8,11H2,1H3,(H,19,21). The van der Waals surface area contributed by atoms with Gasteiger partial charge in [0.05, 0.1) is 7.11 Å². The number of carbonyl (C=O) groups is 1. The summed E-state index contributed by atoms with van der Waals surface area (Å²) in [5, 5.41) is 2.92. The number of benzene rings is 2. The molecule has 0 saturated carbocycles. The number of amides is 1. The molecule has 0 fully saturated rings. The van der Waals surface area contributed by atoms with Crippen LogP contribution in [0.3, 0.4) is 0 Å². The van der Waals surface area contributed by atoms with Gasteiger partial charge in [0.15, 0.2) is 12.0 Å². The molecule has 2 aromatic carbocycles. The molecule has 0 spiro atoms. The Morgan fingerprint density at radius 1 is 1.22 bits per heavy atom. The molecule has 0 aliphatic carbocycles. The van der Waals surface area contributed by atoms with E-state index >= 15 is 0 Å². The van der Waals surface area contributed by atoms with Gasteiger partial charge in [-0.15, -0.1) is 0 Å². The zero-order chi connectivity index (χ0) is 16.1. The summed E-state index contributed by atoms with van der Waals surface area (Å²) in [6.45, 7) is 0.480. The quantitative estimate of drug-likeness (QED) is 0.760. The highest BCUT2D eigenvalue weighted by atomic mass is 16.5. The normalized spacial score (nSPS) is 10.7. The lowest BCUT2D eigenvalue weighted by Gasteiger charge is -2.06. The number of methoxy groups -OCH3 is 1. The van der Waals surface area contributed by atoms with E-state index in [-0.39, 0.29) is 5.91 Å². The number of fused-ring (bicyclic) bond motifs is 1. The lowest BCUT2D eigenvalue weighted by atomic mass is 10.1. The van der Waals surface area contributed by atoms with Crippen LogP contribution in [0.4, 0.5) is 0 Å². The van der Waals surface area contributed by atoms with Gasteiger partial charge in [-0.1, -0.05) is 18.2 Å². The molecule has 1 heterocycles. The highest BCUT2D eigenvalue weighted by Crippen LogP contribution is 2.15. The van der Waals surface area contributed by atoms with Crippen LogP contribution in [0, 0.1) is 0 Å². The summed E-state index contributed by atoms with van der Waals surface area (Å²) >= 11 is 0. The highest BCUT2D eigenvalue weighted by molar-refractivity contribution is 5.77. The van der Waals surface area contributed by atoms with Gasteiger partial charge in [-0.05, 0) is 41.8 Å². The Morgan fingerprint density at radius 3 is 3.00 bits per heavy atom. The molecule has 0 unspecified atom stereocenters. The minimum absolute atomic E-state index is 0.0190. The van der Waals surface area contributed by atoms with Crippen LogP contribution in [-0.2, 0) is 17.8 Å². The fraction of sp³-hybridized carbons (Fsp3) is 0.222. The van der Waals surface area contributed by atoms with Gasteiger partial charge < -0.3 is 14.5 Å². The third-order valence-electron chi connectivity index (χ3n) is 3.66. The fourth-order valence-electron chi connectivity index (χ4n) is 2.38. The van der Waals surface area contributed by atoms with E-state index in [2.05, 4.69) is 10.3 Å². The zero-order valence-electron chi connectivity index (χ0n) is 12.9. The number of hydrogen-bond donors (Lipinski definition) is 1. The number of hydrogen-bond acceptors (Lipinski definition) is 4. The smallest absolute Gasteiger partial charge is 0.220 e. The molecule has 3 rings (SSSR count). The van der Waals surface area contributed by atoms with Crippen molar-refractivity contribution in [2.45, 2.75) is 19.4 Å². The first-order valence-corrected chi connectivity index (χ1v) is 7.46. The first-order chi connectivity index (χ1) is 11.2. The van der Waals surface area contributed by atoms with Crippen molar-refractivity contribution in [1.29, 1.82) is 0 Å². The van der Waals surface area contributed by atoms with Crippen molar-refractivity contribution >= 4 is 17.0 Å². The Hall–Kier alpha value is -2.82. The van der Waals surface area contributed by atoms with Gasteiger partial charge in [-0.2, -0.15) is 0 Å². The fourth-order valence-corrected chi connectivity index (χ4v) is 2.38. The molecule has 5 nitrogen and oxygen atoms in total. The lowest BCUT2D eigenvalue weighted by Crippen LogP contribution is -2.22. The lowest BCUT2D eigenvalue weighted by molar-refractivity contribution is -0.121. The van der Waals surface area contributed by atoms with Crippen molar-refractivity contribution in [3.05, 3.63) is 60.0 Å². The molecule has 0 aliphatic heterocycles.